The highest BCUT2D eigenvalue weighted by Crippen LogP contribution is 1.95. The molecule has 0 amide bonds. The van der Waals surface area contributed by atoms with Crippen molar-refractivity contribution in [1.82, 2.24) is 10.2 Å². The molecule has 0 aromatic carbocycles. The van der Waals surface area contributed by atoms with E-state index in [-0.39, 0.29) is 0 Å². The van der Waals surface area contributed by atoms with E-state index >= 15 is 0 Å². The molecule has 0 radical (unpaired) electrons. The molecular weight excluding hydrogens is 112 g/mol. The lowest BCUT2D eigenvalue weighted by molar-refractivity contribution is 0.281. The second-order valence-electron chi connectivity index (χ2n) is 2.58. The molecule has 0 bridgehead atoms. The fourth-order valence-corrected chi connectivity index (χ4v) is 0.928. The van der Waals surface area contributed by atoms with Gasteiger partial charge in [-0.05, 0) is 27.6 Å². The van der Waals surface area contributed by atoms with Crippen LogP contribution in [0.2, 0.25) is 0 Å². The molecule has 56 valence electrons. The first-order valence-electron chi connectivity index (χ1n) is 3.53. The Morgan fingerprint density at radius 1 is 1.44 bits per heavy atom. The van der Waals surface area contributed by atoms with Crippen molar-refractivity contribution in [3.8, 4) is 0 Å². The Balaban J connectivity index is 3.41. The Bertz CT molecular complexity index is 61.9. The van der Waals surface area contributed by atoms with Gasteiger partial charge in [-0.15, -0.1) is 0 Å². The van der Waals surface area contributed by atoms with Crippen molar-refractivity contribution in [2.45, 2.75) is 19.4 Å². The van der Waals surface area contributed by atoms with Crippen LogP contribution in [-0.4, -0.2) is 38.6 Å². The van der Waals surface area contributed by atoms with Crippen molar-refractivity contribution in [2.24, 2.45) is 0 Å². The molecule has 0 spiro atoms. The molecule has 0 saturated carbocycles. The topological polar surface area (TPSA) is 15.3 Å². The van der Waals surface area contributed by atoms with Gasteiger partial charge in [-0.25, -0.2) is 0 Å². The molecule has 1 N–H and O–H groups in total. The summed E-state index contributed by atoms with van der Waals surface area (Å²) in [4.78, 5) is 2.25. The van der Waals surface area contributed by atoms with Crippen LogP contribution in [0.15, 0.2) is 0 Å². The summed E-state index contributed by atoms with van der Waals surface area (Å²) < 4.78 is 0. The smallest absolute Gasteiger partial charge is 0.0211 e. The summed E-state index contributed by atoms with van der Waals surface area (Å²) in [6.07, 6.45) is 1.22. The molecule has 0 heterocycles. The average molecular weight is 130 g/mol. The maximum absolute atomic E-state index is 3.16. The van der Waals surface area contributed by atoms with Crippen molar-refractivity contribution in [1.29, 1.82) is 0 Å². The summed E-state index contributed by atoms with van der Waals surface area (Å²) >= 11 is 0. The number of hydrogen-bond acceptors (Lipinski definition) is 2. The molecule has 0 fully saturated rings. The van der Waals surface area contributed by atoms with Gasteiger partial charge in [0.05, 0.1) is 0 Å². The third kappa shape index (κ3) is 3.49. The quantitative estimate of drug-likeness (QED) is 0.597. The predicted molar refractivity (Wildman–Crippen MR) is 41.7 cm³/mol. The van der Waals surface area contributed by atoms with Crippen LogP contribution >= 0.6 is 0 Å². The largest absolute Gasteiger partial charge is 0.318 e. The summed E-state index contributed by atoms with van der Waals surface area (Å²) in [6.45, 7) is 3.30. The van der Waals surface area contributed by atoms with E-state index in [4.69, 9.17) is 0 Å². The van der Waals surface area contributed by atoms with E-state index in [1.807, 2.05) is 7.05 Å². The summed E-state index contributed by atoms with van der Waals surface area (Å²) in [5.74, 6) is 0. The molecule has 1 atom stereocenters. The zero-order chi connectivity index (χ0) is 7.28. The number of rotatable bonds is 4. The zero-order valence-corrected chi connectivity index (χ0v) is 6.94. The minimum atomic E-state index is 0.690. The minimum Gasteiger partial charge on any atom is -0.318 e. The SMILES string of the molecule is CC[C@@H](CNC)N(C)C. The Morgan fingerprint density at radius 3 is 2.11 bits per heavy atom. The van der Waals surface area contributed by atoms with Crippen LogP contribution in [-0.2, 0) is 0 Å². The van der Waals surface area contributed by atoms with Crippen LogP contribution in [0.4, 0.5) is 0 Å². The summed E-state index contributed by atoms with van der Waals surface area (Å²) in [5, 5.41) is 3.16. The van der Waals surface area contributed by atoms with Crippen molar-refractivity contribution >= 4 is 0 Å². The molecule has 0 aliphatic heterocycles. The van der Waals surface area contributed by atoms with E-state index in [2.05, 4.69) is 31.2 Å². The summed E-state index contributed by atoms with van der Waals surface area (Å²) in [6, 6.07) is 0.690. The highest BCUT2D eigenvalue weighted by molar-refractivity contribution is 4.64. The molecule has 0 aliphatic rings. The maximum Gasteiger partial charge on any atom is 0.0211 e. The van der Waals surface area contributed by atoms with E-state index in [0.29, 0.717) is 6.04 Å². The van der Waals surface area contributed by atoms with Crippen molar-refractivity contribution in [3.05, 3.63) is 0 Å². The van der Waals surface area contributed by atoms with Crippen LogP contribution in [0.25, 0.3) is 0 Å². The van der Waals surface area contributed by atoms with Crippen LogP contribution in [0.5, 0.6) is 0 Å². The molecule has 0 unspecified atom stereocenters. The molecule has 2 nitrogen and oxygen atoms in total. The molecule has 9 heavy (non-hydrogen) atoms. The van der Waals surface area contributed by atoms with E-state index in [9.17, 15) is 0 Å². The van der Waals surface area contributed by atoms with E-state index < -0.39 is 0 Å². The highest BCUT2D eigenvalue weighted by Gasteiger charge is 2.05. The van der Waals surface area contributed by atoms with Crippen LogP contribution in [0.1, 0.15) is 13.3 Å². The third-order valence-corrected chi connectivity index (χ3v) is 1.64. The van der Waals surface area contributed by atoms with E-state index in [1.54, 1.807) is 0 Å². The van der Waals surface area contributed by atoms with E-state index in [0.717, 1.165) is 6.54 Å². The standard InChI is InChI=1S/C7H18N2/c1-5-7(6-8-2)9(3)4/h7-8H,5-6H2,1-4H3/t7-/m0/s1. The van der Waals surface area contributed by atoms with Gasteiger partial charge in [-0.2, -0.15) is 0 Å². The van der Waals surface area contributed by atoms with Crippen LogP contribution in [0, 0.1) is 0 Å². The number of nitrogens with zero attached hydrogens (tertiary/aromatic N) is 1. The van der Waals surface area contributed by atoms with Crippen LogP contribution < -0.4 is 5.32 Å². The Hall–Kier alpha value is -0.0800. The van der Waals surface area contributed by atoms with Crippen molar-refractivity contribution < 1.29 is 0 Å². The number of nitrogens with one attached hydrogen (secondary N) is 1. The Kier molecular flexibility index (Phi) is 4.72. The van der Waals surface area contributed by atoms with Crippen LogP contribution in [0.3, 0.4) is 0 Å². The van der Waals surface area contributed by atoms with Crippen molar-refractivity contribution in [2.75, 3.05) is 27.7 Å². The van der Waals surface area contributed by atoms with Gasteiger partial charge in [0.2, 0.25) is 0 Å². The first-order valence-corrected chi connectivity index (χ1v) is 3.53. The molecule has 0 aromatic heterocycles. The summed E-state index contributed by atoms with van der Waals surface area (Å²) in [7, 11) is 6.23. The third-order valence-electron chi connectivity index (χ3n) is 1.64. The average Bonchev–Trinajstić information content (AvgIpc) is 1.82. The molecule has 0 rings (SSSR count). The Morgan fingerprint density at radius 2 is 2.00 bits per heavy atom. The van der Waals surface area contributed by atoms with Gasteiger partial charge in [-0.1, -0.05) is 6.92 Å². The summed E-state index contributed by atoms with van der Waals surface area (Å²) in [5.41, 5.74) is 0. The van der Waals surface area contributed by atoms with Gasteiger partial charge in [0.1, 0.15) is 0 Å². The van der Waals surface area contributed by atoms with Crippen molar-refractivity contribution in [3.63, 3.8) is 0 Å². The monoisotopic (exact) mass is 130 g/mol. The van der Waals surface area contributed by atoms with Gasteiger partial charge in [0, 0.05) is 12.6 Å². The highest BCUT2D eigenvalue weighted by atomic mass is 15.1. The number of likely N-dealkylation sites (N-methyl/N-ethyl adjacent to an activating group) is 2. The normalized spacial score (nSPS) is 14.3. The lowest BCUT2D eigenvalue weighted by atomic mass is 10.2. The van der Waals surface area contributed by atoms with Gasteiger partial charge >= 0.3 is 0 Å². The maximum atomic E-state index is 3.16. The second kappa shape index (κ2) is 4.77. The molecule has 0 aromatic rings. The molecular formula is C7H18N2. The Labute approximate surface area is 58.2 Å². The van der Waals surface area contributed by atoms with Gasteiger partial charge < -0.3 is 10.2 Å². The van der Waals surface area contributed by atoms with Gasteiger partial charge in [0.15, 0.2) is 0 Å². The first kappa shape index (κ1) is 8.92. The van der Waals surface area contributed by atoms with Gasteiger partial charge in [0.25, 0.3) is 0 Å². The lowest BCUT2D eigenvalue weighted by Gasteiger charge is -2.21. The second-order valence-corrected chi connectivity index (χ2v) is 2.58. The fraction of sp³-hybridized carbons (Fsp3) is 1.00. The first-order chi connectivity index (χ1) is 4.22. The zero-order valence-electron chi connectivity index (χ0n) is 6.94. The molecule has 2 heteroatoms. The number of hydrogen-bond donors (Lipinski definition) is 1. The predicted octanol–water partition coefficient (Wildman–Crippen LogP) is 0.546. The van der Waals surface area contributed by atoms with E-state index in [1.165, 1.54) is 6.42 Å². The fourth-order valence-electron chi connectivity index (χ4n) is 0.928. The molecule has 0 saturated heterocycles. The minimum absolute atomic E-state index is 0.690. The van der Waals surface area contributed by atoms with Gasteiger partial charge in [-0.3, -0.25) is 0 Å². The molecule has 0 aliphatic carbocycles. The lowest BCUT2D eigenvalue weighted by Crippen LogP contribution is -2.35.